The fourth-order valence-electron chi connectivity index (χ4n) is 1.96. The van der Waals surface area contributed by atoms with Crippen LogP contribution in [0.4, 0.5) is 0 Å². The molecule has 0 radical (unpaired) electrons. The monoisotopic (exact) mass is 213 g/mol. The zero-order valence-corrected chi connectivity index (χ0v) is 9.66. The second kappa shape index (κ2) is 5.26. The van der Waals surface area contributed by atoms with Gasteiger partial charge in [0.15, 0.2) is 0 Å². The third kappa shape index (κ3) is 2.78. The third-order valence-electron chi connectivity index (χ3n) is 3.14. The predicted octanol–water partition coefficient (Wildman–Crippen LogP) is 0.849. The number of ether oxygens (including phenoxy) is 1. The molecule has 0 bridgehead atoms. The smallest absolute Gasteiger partial charge is 0.322 e. The molecule has 1 fully saturated rings. The minimum atomic E-state index is -0.239. The van der Waals surface area contributed by atoms with Crippen LogP contribution in [0, 0.1) is 5.92 Å². The number of esters is 1. The molecule has 1 aliphatic rings. The molecule has 2 atom stereocenters. The number of piperidine rings is 1. The highest BCUT2D eigenvalue weighted by Crippen LogP contribution is 2.18. The van der Waals surface area contributed by atoms with Gasteiger partial charge in [0.05, 0.1) is 7.11 Å². The molecule has 1 rings (SSSR count). The SMILES string of the molecule is CCC1CN(C(C)C(=O)OC)CCC1=O. The fourth-order valence-corrected chi connectivity index (χ4v) is 1.96. The van der Waals surface area contributed by atoms with E-state index < -0.39 is 0 Å². The summed E-state index contributed by atoms with van der Waals surface area (Å²) in [7, 11) is 1.39. The van der Waals surface area contributed by atoms with Gasteiger partial charge in [-0.05, 0) is 13.3 Å². The van der Waals surface area contributed by atoms with Gasteiger partial charge in [0.25, 0.3) is 0 Å². The molecule has 4 nitrogen and oxygen atoms in total. The highest BCUT2D eigenvalue weighted by molar-refractivity contribution is 5.82. The second-order valence-corrected chi connectivity index (χ2v) is 4.02. The highest BCUT2D eigenvalue weighted by Gasteiger charge is 2.31. The van der Waals surface area contributed by atoms with Crippen LogP contribution in [0.3, 0.4) is 0 Å². The lowest BCUT2D eigenvalue weighted by Gasteiger charge is -2.34. The van der Waals surface area contributed by atoms with Gasteiger partial charge in [-0.1, -0.05) is 6.92 Å². The minimum absolute atomic E-state index is 0.0888. The van der Waals surface area contributed by atoms with Crippen LogP contribution in [0.1, 0.15) is 26.7 Å². The number of carbonyl (C=O) groups excluding carboxylic acids is 2. The molecule has 0 spiro atoms. The Morgan fingerprint density at radius 2 is 2.33 bits per heavy atom. The second-order valence-electron chi connectivity index (χ2n) is 4.02. The van der Waals surface area contributed by atoms with Gasteiger partial charge in [-0.25, -0.2) is 0 Å². The largest absolute Gasteiger partial charge is 0.468 e. The Kier molecular flexibility index (Phi) is 4.27. The summed E-state index contributed by atoms with van der Waals surface area (Å²) in [5.41, 5.74) is 0. The molecule has 0 aliphatic carbocycles. The van der Waals surface area contributed by atoms with Crippen molar-refractivity contribution in [3.05, 3.63) is 0 Å². The molecule has 0 N–H and O–H groups in total. The van der Waals surface area contributed by atoms with Gasteiger partial charge in [-0.3, -0.25) is 14.5 Å². The van der Waals surface area contributed by atoms with Gasteiger partial charge in [-0.2, -0.15) is 0 Å². The number of hydrogen-bond donors (Lipinski definition) is 0. The number of methoxy groups -OCH3 is 1. The lowest BCUT2D eigenvalue weighted by molar-refractivity contribution is -0.148. The number of carbonyl (C=O) groups is 2. The maximum absolute atomic E-state index is 11.5. The van der Waals surface area contributed by atoms with Gasteiger partial charge >= 0.3 is 5.97 Å². The molecule has 1 saturated heterocycles. The van der Waals surface area contributed by atoms with E-state index in [1.165, 1.54) is 7.11 Å². The summed E-state index contributed by atoms with van der Waals surface area (Å²) in [6.07, 6.45) is 1.41. The zero-order chi connectivity index (χ0) is 11.4. The first-order chi connectivity index (χ1) is 7.10. The van der Waals surface area contributed by atoms with E-state index in [1.807, 2.05) is 18.7 Å². The van der Waals surface area contributed by atoms with Gasteiger partial charge in [0.1, 0.15) is 11.8 Å². The lowest BCUT2D eigenvalue weighted by atomic mass is 9.93. The molecule has 0 saturated carbocycles. The molecule has 1 aliphatic heterocycles. The van der Waals surface area contributed by atoms with Gasteiger partial charge in [-0.15, -0.1) is 0 Å². The Morgan fingerprint density at radius 3 is 2.87 bits per heavy atom. The summed E-state index contributed by atoms with van der Waals surface area (Å²) >= 11 is 0. The zero-order valence-electron chi connectivity index (χ0n) is 9.66. The van der Waals surface area contributed by atoms with Crippen LogP contribution < -0.4 is 0 Å². The Hall–Kier alpha value is -0.900. The topological polar surface area (TPSA) is 46.6 Å². The average molecular weight is 213 g/mol. The minimum Gasteiger partial charge on any atom is -0.468 e. The van der Waals surface area contributed by atoms with Crippen molar-refractivity contribution >= 4 is 11.8 Å². The molecular formula is C11H19NO3. The Bertz CT molecular complexity index is 252. The van der Waals surface area contributed by atoms with Gasteiger partial charge in [0, 0.05) is 25.4 Å². The van der Waals surface area contributed by atoms with Crippen molar-refractivity contribution in [1.82, 2.24) is 4.90 Å². The fraction of sp³-hybridized carbons (Fsp3) is 0.818. The molecule has 1 heterocycles. The van der Waals surface area contributed by atoms with Crippen LogP contribution >= 0.6 is 0 Å². The van der Waals surface area contributed by atoms with Crippen LogP contribution in [0.25, 0.3) is 0 Å². The first-order valence-electron chi connectivity index (χ1n) is 5.44. The highest BCUT2D eigenvalue weighted by atomic mass is 16.5. The summed E-state index contributed by atoms with van der Waals surface area (Å²) in [6.45, 7) is 5.19. The van der Waals surface area contributed by atoms with Crippen LogP contribution in [0.5, 0.6) is 0 Å². The number of hydrogen-bond acceptors (Lipinski definition) is 4. The maximum Gasteiger partial charge on any atom is 0.322 e. The number of likely N-dealkylation sites (tertiary alicyclic amines) is 1. The van der Waals surface area contributed by atoms with E-state index in [1.54, 1.807) is 0 Å². The standard InChI is InChI=1S/C11H19NO3/c1-4-9-7-12(6-5-10(9)13)8(2)11(14)15-3/h8-9H,4-7H2,1-3H3. The summed E-state index contributed by atoms with van der Waals surface area (Å²) in [5, 5.41) is 0. The van der Waals surface area contributed by atoms with Crippen molar-refractivity contribution in [1.29, 1.82) is 0 Å². The van der Waals surface area contributed by atoms with Crippen LogP contribution in [0.2, 0.25) is 0 Å². The van der Waals surface area contributed by atoms with E-state index >= 15 is 0 Å². The quantitative estimate of drug-likeness (QED) is 0.652. The molecule has 86 valence electrons. The molecular weight excluding hydrogens is 194 g/mol. The molecule has 0 aromatic heterocycles. The number of rotatable bonds is 3. The van der Waals surface area contributed by atoms with E-state index in [-0.39, 0.29) is 17.9 Å². The van der Waals surface area contributed by atoms with Crippen molar-refractivity contribution in [2.24, 2.45) is 5.92 Å². The maximum atomic E-state index is 11.5. The Balaban J connectivity index is 2.57. The van der Waals surface area contributed by atoms with Gasteiger partial charge < -0.3 is 4.74 Å². The van der Waals surface area contributed by atoms with Crippen LogP contribution in [0.15, 0.2) is 0 Å². The third-order valence-corrected chi connectivity index (χ3v) is 3.14. The number of Topliss-reactive ketones (excluding diaryl/α,β-unsaturated/α-hetero) is 1. The number of nitrogens with zero attached hydrogens (tertiary/aromatic N) is 1. The van der Waals surface area contributed by atoms with E-state index in [9.17, 15) is 9.59 Å². The van der Waals surface area contributed by atoms with E-state index in [0.717, 1.165) is 6.42 Å². The summed E-state index contributed by atoms with van der Waals surface area (Å²) in [6, 6.07) is -0.239. The molecule has 0 aromatic rings. The normalized spacial score (nSPS) is 25.0. The van der Waals surface area contributed by atoms with Crippen LogP contribution in [-0.2, 0) is 14.3 Å². The first-order valence-corrected chi connectivity index (χ1v) is 5.44. The van der Waals surface area contributed by atoms with Crippen molar-refractivity contribution in [2.75, 3.05) is 20.2 Å². The molecule has 15 heavy (non-hydrogen) atoms. The molecule has 0 aromatic carbocycles. The van der Waals surface area contributed by atoms with E-state index in [2.05, 4.69) is 0 Å². The van der Waals surface area contributed by atoms with E-state index in [4.69, 9.17) is 4.74 Å². The summed E-state index contributed by atoms with van der Waals surface area (Å²) in [4.78, 5) is 24.9. The molecule has 0 amide bonds. The number of ketones is 1. The first kappa shape index (κ1) is 12.2. The predicted molar refractivity (Wildman–Crippen MR) is 56.5 cm³/mol. The Labute approximate surface area is 90.6 Å². The van der Waals surface area contributed by atoms with Crippen molar-refractivity contribution in [3.63, 3.8) is 0 Å². The van der Waals surface area contributed by atoms with E-state index in [0.29, 0.717) is 25.3 Å². The Morgan fingerprint density at radius 1 is 1.67 bits per heavy atom. The van der Waals surface area contributed by atoms with Gasteiger partial charge in [0.2, 0.25) is 0 Å². The van der Waals surface area contributed by atoms with Crippen molar-refractivity contribution in [3.8, 4) is 0 Å². The summed E-state index contributed by atoms with van der Waals surface area (Å²) in [5.74, 6) is 0.191. The van der Waals surface area contributed by atoms with Crippen molar-refractivity contribution < 1.29 is 14.3 Å². The molecule has 2 unspecified atom stereocenters. The van der Waals surface area contributed by atoms with Crippen molar-refractivity contribution in [2.45, 2.75) is 32.7 Å². The van der Waals surface area contributed by atoms with Crippen LogP contribution in [-0.4, -0.2) is 42.9 Å². The average Bonchev–Trinajstić information content (AvgIpc) is 2.27. The molecule has 4 heteroatoms. The lowest BCUT2D eigenvalue weighted by Crippen LogP contribution is -2.48. The summed E-state index contributed by atoms with van der Waals surface area (Å²) < 4.78 is 4.70.